The molecule has 0 amide bonds. The molecule has 0 radical (unpaired) electrons. The molecular weight excluding hydrogens is 298 g/mol. The molecule has 3 nitrogen and oxygen atoms in total. The third-order valence-electron chi connectivity index (χ3n) is 4.69. The molecule has 1 aromatic rings. The summed E-state index contributed by atoms with van der Waals surface area (Å²) in [5, 5.41) is 10.2. The molecule has 0 aliphatic carbocycles. The number of rotatable bonds is 7. The van der Waals surface area contributed by atoms with Crippen LogP contribution in [0.15, 0.2) is 18.2 Å². The zero-order chi connectivity index (χ0) is 16.8. The summed E-state index contributed by atoms with van der Waals surface area (Å²) in [4.78, 5) is 4.31. The average Bonchev–Trinajstić information content (AvgIpc) is 2.48. The Hall–Kier alpha value is -1.04. The van der Waals surface area contributed by atoms with Crippen molar-refractivity contribution in [3.8, 4) is 0 Å². The molecule has 23 heavy (non-hydrogen) atoms. The molecule has 1 unspecified atom stereocenters. The van der Waals surface area contributed by atoms with E-state index in [0.717, 1.165) is 38.4 Å². The average molecular weight is 326 g/mol. The van der Waals surface area contributed by atoms with Crippen molar-refractivity contribution in [2.24, 2.45) is 5.92 Å². The fourth-order valence-corrected chi connectivity index (χ4v) is 3.32. The topological polar surface area (TPSA) is 26.7 Å². The van der Waals surface area contributed by atoms with E-state index in [1.165, 1.54) is 31.0 Å². The van der Waals surface area contributed by atoms with Gasteiger partial charge in [0.1, 0.15) is 11.6 Å². The number of halogens is 2. The maximum atomic E-state index is 13.7. The highest BCUT2D eigenvalue weighted by molar-refractivity contribution is 5.22. The highest BCUT2D eigenvalue weighted by Gasteiger charge is 2.24. The molecule has 0 bridgehead atoms. The Balaban J connectivity index is 1.78. The summed E-state index contributed by atoms with van der Waals surface area (Å²) >= 11 is 0. The van der Waals surface area contributed by atoms with Gasteiger partial charge in [-0.05, 0) is 77.5 Å². The van der Waals surface area contributed by atoms with Crippen molar-refractivity contribution < 1.29 is 13.9 Å². The predicted molar refractivity (Wildman–Crippen MR) is 88.3 cm³/mol. The molecule has 0 saturated carbocycles. The van der Waals surface area contributed by atoms with Gasteiger partial charge in [0.15, 0.2) is 0 Å². The summed E-state index contributed by atoms with van der Waals surface area (Å²) in [6, 6.07) is 3.71. The molecule has 1 aliphatic rings. The van der Waals surface area contributed by atoms with E-state index in [0.29, 0.717) is 6.54 Å². The van der Waals surface area contributed by atoms with Crippen molar-refractivity contribution >= 4 is 0 Å². The van der Waals surface area contributed by atoms with Crippen molar-refractivity contribution in [1.29, 1.82) is 0 Å². The van der Waals surface area contributed by atoms with Gasteiger partial charge >= 0.3 is 0 Å². The van der Waals surface area contributed by atoms with Gasteiger partial charge < -0.3 is 14.9 Å². The summed E-state index contributed by atoms with van der Waals surface area (Å²) in [6.45, 7) is 3.19. The van der Waals surface area contributed by atoms with Gasteiger partial charge in [0.05, 0.1) is 11.7 Å². The number of piperidine rings is 1. The number of aliphatic hydroxyl groups is 1. The number of hydrogen-bond acceptors (Lipinski definition) is 3. The Bertz CT molecular complexity index is 468. The highest BCUT2D eigenvalue weighted by atomic mass is 19.1. The molecule has 1 N–H and O–H groups in total. The minimum atomic E-state index is -1.11. The lowest BCUT2D eigenvalue weighted by Gasteiger charge is -2.33. The molecule has 1 heterocycles. The van der Waals surface area contributed by atoms with Gasteiger partial charge in [-0.25, -0.2) is 8.78 Å². The van der Waals surface area contributed by atoms with Gasteiger partial charge in [0.2, 0.25) is 0 Å². The van der Waals surface area contributed by atoms with Gasteiger partial charge in [0.25, 0.3) is 0 Å². The van der Waals surface area contributed by atoms with Crippen LogP contribution in [0.25, 0.3) is 0 Å². The van der Waals surface area contributed by atoms with Gasteiger partial charge in [-0.1, -0.05) is 6.07 Å². The molecule has 2 rings (SSSR count). The lowest BCUT2D eigenvalue weighted by molar-refractivity contribution is 0.0828. The SMILES string of the molecule is CN(C)CCCC1CCN(CC(O)c2c(F)cccc2F)CC1. The molecule has 1 aromatic carbocycles. The van der Waals surface area contributed by atoms with Gasteiger partial charge in [-0.3, -0.25) is 0 Å². The van der Waals surface area contributed by atoms with Crippen LogP contribution >= 0.6 is 0 Å². The molecule has 1 aliphatic heterocycles. The number of benzene rings is 1. The first-order chi connectivity index (χ1) is 11.0. The number of aliphatic hydroxyl groups excluding tert-OH is 1. The normalized spacial score (nSPS) is 18.5. The van der Waals surface area contributed by atoms with E-state index in [9.17, 15) is 13.9 Å². The molecule has 1 saturated heterocycles. The Morgan fingerprint density at radius 2 is 1.83 bits per heavy atom. The first-order valence-electron chi connectivity index (χ1n) is 8.46. The van der Waals surface area contributed by atoms with Gasteiger partial charge in [-0.2, -0.15) is 0 Å². The van der Waals surface area contributed by atoms with Crippen LogP contribution in [0.5, 0.6) is 0 Å². The summed E-state index contributed by atoms with van der Waals surface area (Å²) in [5.74, 6) is -0.610. The van der Waals surface area contributed by atoms with Crippen molar-refractivity contribution in [3.63, 3.8) is 0 Å². The van der Waals surface area contributed by atoms with E-state index in [1.54, 1.807) is 0 Å². The Kier molecular flexibility index (Phi) is 6.93. The summed E-state index contributed by atoms with van der Waals surface area (Å²) in [5.41, 5.74) is -0.208. The molecule has 0 aromatic heterocycles. The minimum absolute atomic E-state index is 0.208. The Labute approximate surface area is 137 Å². The Morgan fingerprint density at radius 1 is 1.22 bits per heavy atom. The van der Waals surface area contributed by atoms with Crippen LogP contribution in [-0.2, 0) is 0 Å². The minimum Gasteiger partial charge on any atom is -0.387 e. The number of nitrogens with zero attached hydrogens (tertiary/aromatic N) is 2. The van der Waals surface area contributed by atoms with Crippen LogP contribution in [0.3, 0.4) is 0 Å². The second-order valence-corrected chi connectivity index (χ2v) is 6.84. The number of β-amino-alcohol motifs (C(OH)–C–C–N with tert-alkyl or cyclic N) is 1. The number of likely N-dealkylation sites (tertiary alicyclic amines) is 1. The van der Waals surface area contributed by atoms with Gasteiger partial charge in [-0.15, -0.1) is 0 Å². The zero-order valence-corrected chi connectivity index (χ0v) is 14.1. The summed E-state index contributed by atoms with van der Waals surface area (Å²) in [7, 11) is 4.18. The molecule has 0 spiro atoms. The van der Waals surface area contributed by atoms with Crippen LogP contribution in [0.1, 0.15) is 37.4 Å². The fraction of sp³-hybridized carbons (Fsp3) is 0.667. The molecule has 130 valence electrons. The van der Waals surface area contributed by atoms with E-state index in [4.69, 9.17) is 0 Å². The monoisotopic (exact) mass is 326 g/mol. The van der Waals surface area contributed by atoms with E-state index < -0.39 is 17.7 Å². The van der Waals surface area contributed by atoms with Crippen molar-refractivity contribution in [2.45, 2.75) is 31.8 Å². The zero-order valence-electron chi connectivity index (χ0n) is 14.1. The van der Waals surface area contributed by atoms with Crippen molar-refractivity contribution in [3.05, 3.63) is 35.4 Å². The van der Waals surface area contributed by atoms with Crippen LogP contribution in [0, 0.1) is 17.6 Å². The van der Waals surface area contributed by atoms with E-state index in [-0.39, 0.29) is 5.56 Å². The first-order valence-corrected chi connectivity index (χ1v) is 8.46. The summed E-state index contributed by atoms with van der Waals surface area (Å²) in [6.07, 6.45) is 3.53. The largest absolute Gasteiger partial charge is 0.387 e. The van der Waals surface area contributed by atoms with Crippen molar-refractivity contribution in [1.82, 2.24) is 9.80 Å². The highest BCUT2D eigenvalue weighted by Crippen LogP contribution is 2.26. The standard InChI is InChI=1S/C18H28F2N2O/c1-21(2)10-4-5-14-8-11-22(12-9-14)13-17(23)18-15(19)6-3-7-16(18)20/h3,6-7,14,17,23H,4-5,8-13H2,1-2H3. The van der Waals surface area contributed by atoms with E-state index in [1.807, 2.05) is 0 Å². The van der Waals surface area contributed by atoms with Gasteiger partial charge in [0, 0.05) is 6.54 Å². The third-order valence-corrected chi connectivity index (χ3v) is 4.69. The first kappa shape index (κ1) is 18.3. The van der Waals surface area contributed by atoms with E-state index >= 15 is 0 Å². The second-order valence-electron chi connectivity index (χ2n) is 6.84. The number of hydrogen-bond donors (Lipinski definition) is 1. The maximum absolute atomic E-state index is 13.7. The molecule has 1 atom stereocenters. The lowest BCUT2D eigenvalue weighted by Crippen LogP contribution is -2.37. The lowest BCUT2D eigenvalue weighted by atomic mass is 9.92. The molecule has 1 fully saturated rings. The molecular formula is C18H28F2N2O. The molecule has 5 heteroatoms. The maximum Gasteiger partial charge on any atom is 0.131 e. The third kappa shape index (κ3) is 5.52. The predicted octanol–water partition coefficient (Wildman–Crippen LogP) is 3.05. The fourth-order valence-electron chi connectivity index (χ4n) is 3.32. The van der Waals surface area contributed by atoms with Crippen LogP contribution in [-0.4, -0.2) is 55.2 Å². The van der Waals surface area contributed by atoms with E-state index in [2.05, 4.69) is 23.9 Å². The quantitative estimate of drug-likeness (QED) is 0.834. The van der Waals surface area contributed by atoms with Crippen LogP contribution in [0.4, 0.5) is 8.78 Å². The summed E-state index contributed by atoms with van der Waals surface area (Å²) < 4.78 is 27.4. The van der Waals surface area contributed by atoms with Crippen LogP contribution < -0.4 is 0 Å². The smallest absolute Gasteiger partial charge is 0.131 e. The van der Waals surface area contributed by atoms with Crippen LogP contribution in [0.2, 0.25) is 0 Å². The van der Waals surface area contributed by atoms with Crippen molar-refractivity contribution in [2.75, 3.05) is 40.3 Å². The second kappa shape index (κ2) is 8.71. The Morgan fingerprint density at radius 3 is 2.39 bits per heavy atom.